The van der Waals surface area contributed by atoms with Crippen LogP contribution in [0.4, 0.5) is 0 Å². The lowest BCUT2D eigenvalue weighted by Gasteiger charge is -2.12. The van der Waals surface area contributed by atoms with E-state index in [0.29, 0.717) is 18.1 Å². The van der Waals surface area contributed by atoms with Crippen molar-refractivity contribution in [1.82, 2.24) is 0 Å². The molecule has 1 rings (SSSR count). The fourth-order valence-corrected chi connectivity index (χ4v) is 1.57. The van der Waals surface area contributed by atoms with E-state index in [0.717, 1.165) is 5.90 Å². The van der Waals surface area contributed by atoms with Gasteiger partial charge in [0.2, 0.25) is 0 Å². The first kappa shape index (κ1) is 10.6. The highest BCUT2D eigenvalue weighted by molar-refractivity contribution is 5.79. The van der Waals surface area contributed by atoms with Gasteiger partial charge >= 0.3 is 0 Å². The molecule has 0 aromatic heterocycles. The van der Waals surface area contributed by atoms with Gasteiger partial charge in [0.15, 0.2) is 5.90 Å². The number of ether oxygens (including phenoxy) is 1. The summed E-state index contributed by atoms with van der Waals surface area (Å²) in [5.41, 5.74) is 0. The van der Waals surface area contributed by atoms with E-state index in [2.05, 4.69) is 32.7 Å². The number of hydrogen-bond donors (Lipinski definition) is 0. The van der Waals surface area contributed by atoms with Crippen LogP contribution in [-0.4, -0.2) is 18.0 Å². The van der Waals surface area contributed by atoms with Crippen molar-refractivity contribution < 1.29 is 4.74 Å². The van der Waals surface area contributed by atoms with Crippen LogP contribution >= 0.6 is 0 Å². The summed E-state index contributed by atoms with van der Waals surface area (Å²) in [7, 11) is 0. The van der Waals surface area contributed by atoms with Gasteiger partial charge in [-0.3, -0.25) is 0 Å². The molecule has 0 bridgehead atoms. The Labute approximate surface area is 81.4 Å². The molecular formula is C11H21NO. The van der Waals surface area contributed by atoms with E-state index in [4.69, 9.17) is 4.74 Å². The van der Waals surface area contributed by atoms with Crippen molar-refractivity contribution in [2.45, 2.75) is 59.1 Å². The zero-order valence-corrected chi connectivity index (χ0v) is 9.21. The van der Waals surface area contributed by atoms with Crippen LogP contribution in [0.25, 0.3) is 0 Å². The zero-order chi connectivity index (χ0) is 9.84. The topological polar surface area (TPSA) is 21.6 Å². The molecule has 1 aliphatic heterocycles. The van der Waals surface area contributed by atoms with Crippen LogP contribution in [0.2, 0.25) is 0 Å². The van der Waals surface area contributed by atoms with E-state index >= 15 is 0 Å². The smallest absolute Gasteiger partial charge is 0.186 e. The first-order chi connectivity index (χ1) is 6.15. The molecule has 0 spiro atoms. The van der Waals surface area contributed by atoms with E-state index in [9.17, 15) is 0 Å². The Morgan fingerprint density at radius 1 is 1.46 bits per heavy atom. The van der Waals surface area contributed by atoms with Gasteiger partial charge in [0, 0.05) is 5.92 Å². The van der Waals surface area contributed by atoms with Crippen molar-refractivity contribution in [2.75, 3.05) is 0 Å². The summed E-state index contributed by atoms with van der Waals surface area (Å²) in [6.45, 7) is 8.61. The van der Waals surface area contributed by atoms with Crippen molar-refractivity contribution in [3.63, 3.8) is 0 Å². The summed E-state index contributed by atoms with van der Waals surface area (Å²) in [6.07, 6.45) is 3.97. The molecule has 0 aromatic rings. The van der Waals surface area contributed by atoms with Crippen molar-refractivity contribution in [1.29, 1.82) is 0 Å². The fourth-order valence-electron chi connectivity index (χ4n) is 1.57. The second-order valence-electron chi connectivity index (χ2n) is 4.15. The van der Waals surface area contributed by atoms with Crippen molar-refractivity contribution in [3.05, 3.63) is 0 Å². The van der Waals surface area contributed by atoms with Gasteiger partial charge in [0.25, 0.3) is 0 Å². The van der Waals surface area contributed by atoms with Gasteiger partial charge in [-0.15, -0.1) is 0 Å². The molecule has 0 N–H and O–H groups in total. The van der Waals surface area contributed by atoms with Crippen molar-refractivity contribution >= 4 is 5.90 Å². The third-order valence-electron chi connectivity index (χ3n) is 2.49. The largest absolute Gasteiger partial charge is 0.476 e. The lowest BCUT2D eigenvalue weighted by Crippen LogP contribution is -2.19. The molecule has 0 aromatic carbocycles. The Hall–Kier alpha value is -0.530. The number of rotatable bonds is 4. The number of unbranched alkanes of at least 4 members (excludes halogenated alkanes) is 1. The molecule has 1 heterocycles. The van der Waals surface area contributed by atoms with Gasteiger partial charge < -0.3 is 4.74 Å². The van der Waals surface area contributed by atoms with Crippen LogP contribution < -0.4 is 0 Å². The first-order valence-electron chi connectivity index (χ1n) is 5.39. The molecule has 2 heteroatoms. The summed E-state index contributed by atoms with van der Waals surface area (Å²) in [6, 6.07) is 0.414. The highest BCUT2D eigenvalue weighted by atomic mass is 16.5. The lowest BCUT2D eigenvalue weighted by molar-refractivity contribution is 0.197. The summed E-state index contributed by atoms with van der Waals surface area (Å²) in [5.74, 6) is 1.39. The predicted molar refractivity (Wildman–Crippen MR) is 56.1 cm³/mol. The molecule has 0 radical (unpaired) electrons. The molecule has 0 saturated heterocycles. The average molecular weight is 183 g/mol. The zero-order valence-electron chi connectivity index (χ0n) is 9.21. The Balaban J connectivity index is 2.46. The maximum atomic E-state index is 5.68. The quantitative estimate of drug-likeness (QED) is 0.656. The third-order valence-corrected chi connectivity index (χ3v) is 2.49. The summed E-state index contributed by atoms with van der Waals surface area (Å²) >= 11 is 0. The fraction of sp³-hybridized carbons (Fsp3) is 0.909. The molecule has 2 atom stereocenters. The molecule has 0 saturated carbocycles. The number of hydrogen-bond acceptors (Lipinski definition) is 2. The molecule has 2 nitrogen and oxygen atoms in total. The highest BCUT2D eigenvalue weighted by Gasteiger charge is 2.27. The first-order valence-corrected chi connectivity index (χ1v) is 5.39. The second-order valence-corrected chi connectivity index (χ2v) is 4.15. The van der Waals surface area contributed by atoms with Gasteiger partial charge in [0.05, 0.1) is 6.04 Å². The molecule has 76 valence electrons. The Kier molecular flexibility index (Phi) is 3.76. The minimum Gasteiger partial charge on any atom is -0.476 e. The maximum Gasteiger partial charge on any atom is 0.186 e. The molecule has 2 unspecified atom stereocenters. The molecule has 1 aliphatic rings. The van der Waals surface area contributed by atoms with Crippen LogP contribution in [0.5, 0.6) is 0 Å². The summed E-state index contributed by atoms with van der Waals surface area (Å²) in [4.78, 5) is 4.60. The predicted octanol–water partition coefficient (Wildman–Crippen LogP) is 3.02. The Bertz CT molecular complexity index is 187. The van der Waals surface area contributed by atoms with Crippen molar-refractivity contribution in [2.24, 2.45) is 10.9 Å². The number of aliphatic imine (C=N–C) groups is 1. The molecule has 13 heavy (non-hydrogen) atoms. The van der Waals surface area contributed by atoms with Crippen LogP contribution in [0.1, 0.15) is 47.0 Å². The van der Waals surface area contributed by atoms with E-state index in [-0.39, 0.29) is 0 Å². The summed E-state index contributed by atoms with van der Waals surface area (Å²) < 4.78 is 5.68. The van der Waals surface area contributed by atoms with Crippen molar-refractivity contribution in [3.8, 4) is 0 Å². The highest BCUT2D eigenvalue weighted by Crippen LogP contribution is 2.21. The normalized spacial score (nSPS) is 27.6. The van der Waals surface area contributed by atoms with Gasteiger partial charge in [-0.05, 0) is 13.3 Å². The molecular weight excluding hydrogens is 162 g/mol. The number of nitrogens with zero attached hydrogens (tertiary/aromatic N) is 1. The Morgan fingerprint density at radius 2 is 2.15 bits per heavy atom. The van der Waals surface area contributed by atoms with Gasteiger partial charge in [-0.1, -0.05) is 33.6 Å². The van der Waals surface area contributed by atoms with E-state index < -0.39 is 0 Å². The standard InChI is InChI=1S/C11H21NO/c1-5-6-7-10-9(4)13-11(12-10)8(2)3/h8-10H,5-7H2,1-4H3. The van der Waals surface area contributed by atoms with Gasteiger partial charge in [-0.25, -0.2) is 4.99 Å². The summed E-state index contributed by atoms with van der Waals surface area (Å²) in [5, 5.41) is 0. The minimum atomic E-state index is 0.295. The van der Waals surface area contributed by atoms with E-state index in [1.54, 1.807) is 0 Å². The van der Waals surface area contributed by atoms with E-state index in [1.165, 1.54) is 19.3 Å². The average Bonchev–Trinajstić information content (AvgIpc) is 2.44. The van der Waals surface area contributed by atoms with E-state index in [1.807, 2.05) is 0 Å². The monoisotopic (exact) mass is 183 g/mol. The SMILES string of the molecule is CCCCC1N=C(C(C)C)OC1C. The molecule has 0 amide bonds. The van der Waals surface area contributed by atoms with Crippen LogP contribution in [-0.2, 0) is 4.74 Å². The maximum absolute atomic E-state index is 5.68. The lowest BCUT2D eigenvalue weighted by atomic mass is 10.1. The third kappa shape index (κ3) is 2.71. The van der Waals surface area contributed by atoms with Gasteiger partial charge in [-0.2, -0.15) is 0 Å². The second kappa shape index (κ2) is 4.64. The van der Waals surface area contributed by atoms with Crippen LogP contribution in [0.15, 0.2) is 4.99 Å². The molecule has 0 aliphatic carbocycles. The van der Waals surface area contributed by atoms with Crippen LogP contribution in [0.3, 0.4) is 0 Å². The minimum absolute atomic E-state index is 0.295. The van der Waals surface area contributed by atoms with Gasteiger partial charge in [0.1, 0.15) is 6.10 Å². The Morgan fingerprint density at radius 3 is 2.62 bits per heavy atom. The molecule has 0 fully saturated rings. The van der Waals surface area contributed by atoms with Crippen LogP contribution in [0, 0.1) is 5.92 Å².